The number of hydrogen-bond donors (Lipinski definition) is 2. The maximum absolute atomic E-state index is 11.8. The van der Waals surface area contributed by atoms with Crippen LogP contribution in [-0.4, -0.2) is 30.5 Å². The van der Waals surface area contributed by atoms with Crippen LogP contribution in [0.25, 0.3) is 0 Å². The third-order valence-corrected chi connectivity index (χ3v) is 4.67. The van der Waals surface area contributed by atoms with Crippen molar-refractivity contribution in [2.24, 2.45) is 17.1 Å². The van der Waals surface area contributed by atoms with Crippen molar-refractivity contribution in [2.45, 2.75) is 25.7 Å². The molecule has 0 aromatic heterocycles. The summed E-state index contributed by atoms with van der Waals surface area (Å²) in [6.45, 7) is 1.38. The van der Waals surface area contributed by atoms with Gasteiger partial charge in [0.1, 0.15) is 0 Å². The second-order valence-electron chi connectivity index (χ2n) is 4.75. The van der Waals surface area contributed by atoms with Crippen LogP contribution in [0.2, 0.25) is 0 Å². The zero-order valence-corrected chi connectivity index (χ0v) is 9.94. The predicted octanol–water partition coefficient (Wildman–Crippen LogP) is 0.985. The van der Waals surface area contributed by atoms with Crippen LogP contribution in [0.4, 0.5) is 0 Å². The minimum absolute atomic E-state index is 0.177. The van der Waals surface area contributed by atoms with Crippen molar-refractivity contribution in [1.29, 1.82) is 0 Å². The Kier molecular flexibility index (Phi) is 3.57. The average Bonchev–Trinajstić information content (AvgIpc) is 3.08. The van der Waals surface area contributed by atoms with E-state index in [2.05, 4.69) is 5.32 Å². The number of nitrogens with one attached hydrogen (secondary N) is 1. The molecule has 2 rings (SSSR count). The summed E-state index contributed by atoms with van der Waals surface area (Å²) < 4.78 is 0. The summed E-state index contributed by atoms with van der Waals surface area (Å²) in [5.74, 6) is 3.40. The predicted molar refractivity (Wildman–Crippen MR) is 63.8 cm³/mol. The zero-order chi connectivity index (χ0) is 10.7. The molecule has 1 aliphatic heterocycles. The van der Waals surface area contributed by atoms with Crippen LogP contribution in [0.1, 0.15) is 25.7 Å². The standard InChI is InChI=1S/C11H20N2OS/c12-8-11(3-4-11)10(14)13-7-9-1-5-15-6-2-9/h9H,1-8,12H2,(H,13,14). The molecule has 0 aromatic rings. The Balaban J connectivity index is 1.70. The Morgan fingerprint density at radius 1 is 1.40 bits per heavy atom. The Morgan fingerprint density at radius 3 is 2.60 bits per heavy atom. The first-order valence-electron chi connectivity index (χ1n) is 5.83. The minimum atomic E-state index is -0.177. The van der Waals surface area contributed by atoms with Crippen molar-refractivity contribution in [1.82, 2.24) is 5.32 Å². The number of rotatable bonds is 4. The average molecular weight is 228 g/mol. The fraction of sp³-hybridized carbons (Fsp3) is 0.909. The van der Waals surface area contributed by atoms with Crippen LogP contribution in [-0.2, 0) is 4.79 Å². The normalized spacial score (nSPS) is 24.9. The highest BCUT2D eigenvalue weighted by Gasteiger charge is 2.48. The Labute approximate surface area is 95.6 Å². The highest BCUT2D eigenvalue weighted by atomic mass is 32.2. The number of amides is 1. The van der Waals surface area contributed by atoms with Gasteiger partial charge in [-0.25, -0.2) is 0 Å². The van der Waals surface area contributed by atoms with Gasteiger partial charge in [0.05, 0.1) is 5.41 Å². The van der Waals surface area contributed by atoms with Crippen molar-refractivity contribution < 1.29 is 4.79 Å². The lowest BCUT2D eigenvalue weighted by molar-refractivity contribution is -0.126. The number of nitrogens with two attached hydrogens (primary N) is 1. The smallest absolute Gasteiger partial charge is 0.227 e. The lowest BCUT2D eigenvalue weighted by Crippen LogP contribution is -2.39. The number of thioether (sulfide) groups is 1. The highest BCUT2D eigenvalue weighted by Crippen LogP contribution is 2.44. The van der Waals surface area contributed by atoms with Crippen LogP contribution in [0.5, 0.6) is 0 Å². The molecular weight excluding hydrogens is 208 g/mol. The zero-order valence-electron chi connectivity index (χ0n) is 9.13. The molecule has 0 spiro atoms. The van der Waals surface area contributed by atoms with Gasteiger partial charge in [-0.05, 0) is 43.1 Å². The summed E-state index contributed by atoms with van der Waals surface area (Å²) in [4.78, 5) is 11.8. The van der Waals surface area contributed by atoms with Crippen molar-refractivity contribution in [3.8, 4) is 0 Å². The van der Waals surface area contributed by atoms with E-state index in [0.717, 1.165) is 19.4 Å². The molecule has 4 heteroatoms. The van der Waals surface area contributed by atoms with Crippen LogP contribution < -0.4 is 11.1 Å². The van der Waals surface area contributed by atoms with E-state index in [0.29, 0.717) is 12.5 Å². The van der Waals surface area contributed by atoms with E-state index in [1.54, 1.807) is 0 Å². The number of carbonyl (C=O) groups excluding carboxylic acids is 1. The summed E-state index contributed by atoms with van der Waals surface area (Å²) in [5.41, 5.74) is 5.44. The molecule has 0 unspecified atom stereocenters. The Hall–Kier alpha value is -0.220. The minimum Gasteiger partial charge on any atom is -0.355 e. The number of carbonyl (C=O) groups is 1. The molecule has 1 saturated heterocycles. The van der Waals surface area contributed by atoms with E-state index in [1.807, 2.05) is 11.8 Å². The summed E-state index contributed by atoms with van der Waals surface area (Å²) in [6.07, 6.45) is 4.47. The fourth-order valence-corrected chi connectivity index (χ4v) is 3.25. The summed E-state index contributed by atoms with van der Waals surface area (Å²) in [5, 5.41) is 3.08. The molecule has 0 bridgehead atoms. The van der Waals surface area contributed by atoms with Crippen LogP contribution in [0.15, 0.2) is 0 Å². The SMILES string of the molecule is NCC1(C(=O)NCC2CCSCC2)CC1. The summed E-state index contributed by atoms with van der Waals surface area (Å²) in [7, 11) is 0. The van der Waals surface area contributed by atoms with E-state index in [4.69, 9.17) is 5.73 Å². The largest absolute Gasteiger partial charge is 0.355 e. The van der Waals surface area contributed by atoms with E-state index < -0.39 is 0 Å². The van der Waals surface area contributed by atoms with E-state index >= 15 is 0 Å². The lowest BCUT2D eigenvalue weighted by atomic mass is 10.0. The molecule has 0 atom stereocenters. The van der Waals surface area contributed by atoms with Crippen molar-refractivity contribution in [3.63, 3.8) is 0 Å². The molecule has 1 aliphatic carbocycles. The Morgan fingerprint density at radius 2 is 2.07 bits per heavy atom. The van der Waals surface area contributed by atoms with E-state index in [-0.39, 0.29) is 11.3 Å². The van der Waals surface area contributed by atoms with Crippen molar-refractivity contribution in [2.75, 3.05) is 24.6 Å². The third kappa shape index (κ3) is 2.67. The Bertz CT molecular complexity index is 235. The fourth-order valence-electron chi connectivity index (χ4n) is 2.05. The molecule has 3 N–H and O–H groups in total. The molecule has 1 amide bonds. The molecule has 0 aromatic carbocycles. The van der Waals surface area contributed by atoms with Gasteiger partial charge in [-0.1, -0.05) is 0 Å². The van der Waals surface area contributed by atoms with Gasteiger partial charge in [-0.2, -0.15) is 11.8 Å². The molecule has 2 fully saturated rings. The molecule has 3 nitrogen and oxygen atoms in total. The van der Waals surface area contributed by atoms with E-state index in [1.165, 1.54) is 24.3 Å². The van der Waals surface area contributed by atoms with Gasteiger partial charge in [0.25, 0.3) is 0 Å². The van der Waals surface area contributed by atoms with E-state index in [9.17, 15) is 4.79 Å². The number of hydrogen-bond acceptors (Lipinski definition) is 3. The molecule has 86 valence electrons. The summed E-state index contributed by atoms with van der Waals surface area (Å²) in [6, 6.07) is 0. The first-order valence-corrected chi connectivity index (χ1v) is 6.98. The second-order valence-corrected chi connectivity index (χ2v) is 5.97. The third-order valence-electron chi connectivity index (χ3n) is 3.62. The second kappa shape index (κ2) is 4.74. The van der Waals surface area contributed by atoms with Gasteiger partial charge in [0, 0.05) is 13.1 Å². The molecule has 15 heavy (non-hydrogen) atoms. The summed E-state index contributed by atoms with van der Waals surface area (Å²) >= 11 is 2.02. The molecule has 1 saturated carbocycles. The van der Waals surface area contributed by atoms with Gasteiger partial charge < -0.3 is 11.1 Å². The first kappa shape index (κ1) is 11.3. The lowest BCUT2D eigenvalue weighted by Gasteiger charge is -2.22. The van der Waals surface area contributed by atoms with Gasteiger partial charge in [0.15, 0.2) is 0 Å². The van der Waals surface area contributed by atoms with Gasteiger partial charge in [0.2, 0.25) is 5.91 Å². The van der Waals surface area contributed by atoms with Crippen LogP contribution in [0.3, 0.4) is 0 Å². The molecule has 1 heterocycles. The van der Waals surface area contributed by atoms with Crippen molar-refractivity contribution in [3.05, 3.63) is 0 Å². The maximum atomic E-state index is 11.8. The molecule has 0 radical (unpaired) electrons. The van der Waals surface area contributed by atoms with Crippen LogP contribution >= 0.6 is 11.8 Å². The van der Waals surface area contributed by atoms with Gasteiger partial charge >= 0.3 is 0 Å². The quantitative estimate of drug-likeness (QED) is 0.754. The van der Waals surface area contributed by atoms with Crippen LogP contribution in [0, 0.1) is 11.3 Å². The van der Waals surface area contributed by atoms with Crippen molar-refractivity contribution >= 4 is 17.7 Å². The molecular formula is C11H20N2OS. The molecule has 2 aliphatic rings. The highest BCUT2D eigenvalue weighted by molar-refractivity contribution is 7.99. The first-order chi connectivity index (χ1) is 7.27. The maximum Gasteiger partial charge on any atom is 0.227 e. The monoisotopic (exact) mass is 228 g/mol. The van der Waals surface area contributed by atoms with Gasteiger partial charge in [-0.15, -0.1) is 0 Å². The van der Waals surface area contributed by atoms with Gasteiger partial charge in [-0.3, -0.25) is 4.79 Å². The topological polar surface area (TPSA) is 55.1 Å².